The highest BCUT2D eigenvalue weighted by Crippen LogP contribution is 2.44. The standard InChI is InChI=1S/C26H37N3O/c30-26(20-9-2-1-3-10-20)27-13-5-7-14-28-16-8-11-21-17-22-18-23(25(21)28)19-29-15-6-4-12-24(22)29/h1-3,9-10,17,22-25H,4-8,11-16,18-19H2,(H,27,30)/t22-,23+,24+,25+/m0/s1. The van der Waals surface area contributed by atoms with Crippen LogP contribution in [0.2, 0.25) is 0 Å². The summed E-state index contributed by atoms with van der Waals surface area (Å²) in [7, 11) is 0. The zero-order chi connectivity index (χ0) is 20.3. The Kier molecular flexibility index (Phi) is 6.24. The Morgan fingerprint density at radius 3 is 2.87 bits per heavy atom. The molecule has 4 atom stereocenters. The van der Waals surface area contributed by atoms with Gasteiger partial charge in [-0.25, -0.2) is 0 Å². The van der Waals surface area contributed by atoms with Crippen molar-refractivity contribution in [3.05, 3.63) is 47.5 Å². The Balaban J connectivity index is 1.13. The number of amides is 1. The topological polar surface area (TPSA) is 35.6 Å². The summed E-state index contributed by atoms with van der Waals surface area (Å²) in [5.74, 6) is 1.71. The minimum atomic E-state index is 0.0513. The number of rotatable bonds is 6. The van der Waals surface area contributed by atoms with Crippen molar-refractivity contribution >= 4 is 5.91 Å². The lowest BCUT2D eigenvalue weighted by molar-refractivity contribution is -0.000934. The molecule has 5 rings (SSSR count). The minimum absolute atomic E-state index is 0.0513. The highest BCUT2D eigenvalue weighted by Gasteiger charge is 2.45. The highest BCUT2D eigenvalue weighted by molar-refractivity contribution is 5.94. The predicted molar refractivity (Wildman–Crippen MR) is 121 cm³/mol. The molecule has 0 saturated carbocycles. The monoisotopic (exact) mass is 407 g/mol. The third-order valence-corrected chi connectivity index (χ3v) is 7.95. The molecule has 0 spiro atoms. The van der Waals surface area contributed by atoms with Crippen LogP contribution in [-0.4, -0.2) is 60.5 Å². The first-order chi connectivity index (χ1) is 14.8. The third kappa shape index (κ3) is 4.22. The van der Waals surface area contributed by atoms with E-state index in [0.717, 1.165) is 36.4 Å². The zero-order valence-electron chi connectivity index (χ0n) is 18.3. The number of nitrogens with zero attached hydrogens (tertiary/aromatic N) is 2. The summed E-state index contributed by atoms with van der Waals surface area (Å²) in [5.41, 5.74) is 2.53. The maximum Gasteiger partial charge on any atom is 0.251 e. The Bertz CT molecular complexity index is 761. The van der Waals surface area contributed by atoms with Gasteiger partial charge in [0.2, 0.25) is 0 Å². The normalized spacial score (nSPS) is 31.4. The van der Waals surface area contributed by atoms with Crippen LogP contribution in [0.25, 0.3) is 0 Å². The van der Waals surface area contributed by atoms with Gasteiger partial charge in [0.25, 0.3) is 5.91 Å². The number of piperidine rings is 3. The first-order valence-electron chi connectivity index (χ1n) is 12.3. The number of nitrogens with one attached hydrogen (secondary N) is 1. The van der Waals surface area contributed by atoms with Crippen LogP contribution in [0.3, 0.4) is 0 Å². The van der Waals surface area contributed by atoms with Crippen LogP contribution < -0.4 is 5.32 Å². The highest BCUT2D eigenvalue weighted by atomic mass is 16.1. The number of hydrogen-bond donors (Lipinski definition) is 1. The lowest BCUT2D eigenvalue weighted by atomic mass is 9.68. The first-order valence-corrected chi connectivity index (χ1v) is 12.3. The fourth-order valence-corrected chi connectivity index (χ4v) is 6.67. The molecule has 0 radical (unpaired) electrons. The lowest BCUT2D eigenvalue weighted by Gasteiger charge is -2.55. The molecule has 4 aliphatic rings. The van der Waals surface area contributed by atoms with E-state index in [9.17, 15) is 4.79 Å². The minimum Gasteiger partial charge on any atom is -0.352 e. The Morgan fingerprint density at radius 2 is 1.97 bits per heavy atom. The molecule has 162 valence electrons. The van der Waals surface area contributed by atoms with Gasteiger partial charge in [0.15, 0.2) is 0 Å². The van der Waals surface area contributed by atoms with E-state index in [0.29, 0.717) is 6.04 Å². The molecule has 0 aromatic heterocycles. The molecule has 1 aromatic rings. The first kappa shape index (κ1) is 20.3. The second kappa shape index (κ2) is 9.23. The maximum absolute atomic E-state index is 12.2. The van der Waals surface area contributed by atoms with Crippen LogP contribution in [0.15, 0.2) is 42.0 Å². The number of hydrogen-bond acceptors (Lipinski definition) is 3. The van der Waals surface area contributed by atoms with Crippen molar-refractivity contribution in [2.45, 2.75) is 63.5 Å². The average Bonchev–Trinajstić information content (AvgIpc) is 2.79. The van der Waals surface area contributed by atoms with Crippen molar-refractivity contribution < 1.29 is 4.79 Å². The number of benzene rings is 1. The molecule has 2 bridgehead atoms. The van der Waals surface area contributed by atoms with E-state index >= 15 is 0 Å². The van der Waals surface area contributed by atoms with Crippen molar-refractivity contribution in [1.82, 2.24) is 15.1 Å². The SMILES string of the molecule is O=C(NCCCCN1CCCC2=C[C@H]3C[C@H](CN4CCCC[C@H]34)[C@@H]21)c1ccccc1. The van der Waals surface area contributed by atoms with E-state index in [4.69, 9.17) is 0 Å². The lowest BCUT2D eigenvalue weighted by Crippen LogP contribution is -2.59. The fourth-order valence-electron chi connectivity index (χ4n) is 6.67. The van der Waals surface area contributed by atoms with Gasteiger partial charge in [-0.15, -0.1) is 0 Å². The van der Waals surface area contributed by atoms with Gasteiger partial charge in [-0.1, -0.05) is 36.3 Å². The molecule has 1 amide bonds. The van der Waals surface area contributed by atoms with Crippen molar-refractivity contribution in [3.8, 4) is 0 Å². The summed E-state index contributed by atoms with van der Waals surface area (Å²) < 4.78 is 0. The molecular formula is C26H37N3O. The zero-order valence-corrected chi connectivity index (χ0v) is 18.3. The van der Waals surface area contributed by atoms with Crippen molar-refractivity contribution in [2.75, 3.05) is 32.7 Å². The van der Waals surface area contributed by atoms with Gasteiger partial charge in [0.1, 0.15) is 0 Å². The number of fused-ring (bicyclic) bond motifs is 6. The largest absolute Gasteiger partial charge is 0.352 e. The van der Waals surface area contributed by atoms with Crippen molar-refractivity contribution in [2.24, 2.45) is 11.8 Å². The summed E-state index contributed by atoms with van der Waals surface area (Å²) in [6.45, 7) is 5.86. The van der Waals surface area contributed by atoms with Crippen LogP contribution in [0.4, 0.5) is 0 Å². The van der Waals surface area contributed by atoms with Gasteiger partial charge in [-0.2, -0.15) is 0 Å². The summed E-state index contributed by atoms with van der Waals surface area (Å²) >= 11 is 0. The fraction of sp³-hybridized carbons (Fsp3) is 0.654. The van der Waals surface area contributed by atoms with Gasteiger partial charge < -0.3 is 5.32 Å². The van der Waals surface area contributed by atoms with E-state index in [2.05, 4.69) is 21.2 Å². The second-order valence-corrected chi connectivity index (χ2v) is 9.87. The van der Waals surface area contributed by atoms with Gasteiger partial charge >= 0.3 is 0 Å². The number of likely N-dealkylation sites (tertiary alicyclic amines) is 1. The molecule has 3 fully saturated rings. The molecule has 3 aliphatic heterocycles. The predicted octanol–water partition coefficient (Wildman–Crippen LogP) is 4.09. The van der Waals surface area contributed by atoms with Crippen LogP contribution in [0.5, 0.6) is 0 Å². The quantitative estimate of drug-likeness (QED) is 0.570. The number of carbonyl (C=O) groups is 1. The van der Waals surface area contributed by atoms with Gasteiger partial charge in [-0.05, 0) is 88.5 Å². The molecule has 0 unspecified atom stereocenters. The Hall–Kier alpha value is -1.65. The molecule has 30 heavy (non-hydrogen) atoms. The smallest absolute Gasteiger partial charge is 0.251 e. The molecular weight excluding hydrogens is 370 g/mol. The van der Waals surface area contributed by atoms with Crippen molar-refractivity contribution in [3.63, 3.8) is 0 Å². The van der Waals surface area contributed by atoms with Crippen LogP contribution in [0.1, 0.15) is 61.7 Å². The molecule has 1 N–H and O–H groups in total. The summed E-state index contributed by atoms with van der Waals surface area (Å²) in [4.78, 5) is 17.8. The van der Waals surface area contributed by atoms with Crippen molar-refractivity contribution in [1.29, 1.82) is 0 Å². The van der Waals surface area contributed by atoms with E-state index in [1.54, 1.807) is 5.57 Å². The molecule has 3 saturated heterocycles. The third-order valence-electron chi connectivity index (χ3n) is 7.95. The van der Waals surface area contributed by atoms with Crippen LogP contribution in [-0.2, 0) is 0 Å². The molecule has 3 heterocycles. The van der Waals surface area contributed by atoms with E-state index in [-0.39, 0.29) is 5.91 Å². The average molecular weight is 408 g/mol. The number of unbranched alkanes of at least 4 members (excludes halogenated alkanes) is 1. The molecule has 4 nitrogen and oxygen atoms in total. The number of carbonyl (C=O) groups excluding carboxylic acids is 1. The molecule has 4 heteroatoms. The van der Waals surface area contributed by atoms with E-state index in [1.807, 2.05) is 30.3 Å². The maximum atomic E-state index is 12.2. The Labute approximate surface area is 181 Å². The summed E-state index contributed by atoms with van der Waals surface area (Å²) in [6, 6.07) is 11.1. The van der Waals surface area contributed by atoms with Gasteiger partial charge in [0.05, 0.1) is 0 Å². The van der Waals surface area contributed by atoms with Gasteiger partial charge in [-0.3, -0.25) is 14.6 Å². The van der Waals surface area contributed by atoms with Crippen LogP contribution >= 0.6 is 0 Å². The summed E-state index contributed by atoms with van der Waals surface area (Å²) in [6.07, 6.45) is 13.3. The van der Waals surface area contributed by atoms with E-state index < -0.39 is 0 Å². The van der Waals surface area contributed by atoms with Crippen LogP contribution in [0, 0.1) is 11.8 Å². The van der Waals surface area contributed by atoms with E-state index in [1.165, 1.54) is 71.1 Å². The molecule has 1 aliphatic carbocycles. The summed E-state index contributed by atoms with van der Waals surface area (Å²) in [5, 5.41) is 3.08. The Morgan fingerprint density at radius 1 is 1.07 bits per heavy atom. The van der Waals surface area contributed by atoms with Gasteiger partial charge in [0, 0.05) is 30.7 Å². The molecule has 1 aromatic carbocycles. The second-order valence-electron chi connectivity index (χ2n) is 9.87.